The van der Waals surface area contributed by atoms with E-state index in [2.05, 4.69) is 15.9 Å². The van der Waals surface area contributed by atoms with Gasteiger partial charge in [0.25, 0.3) is 0 Å². The SMILES string of the molecule is COc1ccc(Br)c(CC(CCl)c2ccccc2F)c1. The Labute approximate surface area is 131 Å². The molecular formula is C16H15BrClFO. The molecule has 0 fully saturated rings. The van der Waals surface area contributed by atoms with Crippen molar-refractivity contribution in [2.24, 2.45) is 0 Å². The average Bonchev–Trinajstić information content (AvgIpc) is 2.47. The first-order chi connectivity index (χ1) is 9.65. The monoisotopic (exact) mass is 356 g/mol. The minimum atomic E-state index is -0.211. The molecule has 0 aromatic heterocycles. The molecule has 0 spiro atoms. The van der Waals surface area contributed by atoms with Gasteiger partial charge in [0.2, 0.25) is 0 Å². The van der Waals surface area contributed by atoms with Gasteiger partial charge in [-0.05, 0) is 41.8 Å². The molecule has 2 aromatic rings. The van der Waals surface area contributed by atoms with Crippen LogP contribution in [0.15, 0.2) is 46.9 Å². The summed E-state index contributed by atoms with van der Waals surface area (Å²) >= 11 is 9.55. The molecule has 20 heavy (non-hydrogen) atoms. The fourth-order valence-corrected chi connectivity index (χ4v) is 2.84. The van der Waals surface area contributed by atoms with E-state index in [4.69, 9.17) is 16.3 Å². The molecule has 0 saturated heterocycles. The number of ether oxygens (including phenoxy) is 1. The van der Waals surface area contributed by atoms with Crippen molar-refractivity contribution in [3.8, 4) is 5.75 Å². The maximum absolute atomic E-state index is 13.9. The van der Waals surface area contributed by atoms with Gasteiger partial charge in [0.05, 0.1) is 7.11 Å². The Morgan fingerprint density at radius 1 is 1.25 bits per heavy atom. The Hall–Kier alpha value is -1.06. The van der Waals surface area contributed by atoms with Gasteiger partial charge in [0.1, 0.15) is 11.6 Å². The summed E-state index contributed by atoms with van der Waals surface area (Å²) in [7, 11) is 1.63. The Bertz CT molecular complexity index is 588. The summed E-state index contributed by atoms with van der Waals surface area (Å²) in [6, 6.07) is 12.5. The van der Waals surface area contributed by atoms with Crippen molar-refractivity contribution in [2.75, 3.05) is 13.0 Å². The quantitative estimate of drug-likeness (QED) is 0.671. The minimum Gasteiger partial charge on any atom is -0.497 e. The highest BCUT2D eigenvalue weighted by atomic mass is 79.9. The zero-order chi connectivity index (χ0) is 14.5. The molecule has 1 unspecified atom stereocenters. The van der Waals surface area contributed by atoms with E-state index >= 15 is 0 Å². The van der Waals surface area contributed by atoms with Crippen LogP contribution in [0.3, 0.4) is 0 Å². The van der Waals surface area contributed by atoms with Crippen LogP contribution >= 0.6 is 27.5 Å². The molecule has 0 saturated carbocycles. The third-order valence-electron chi connectivity index (χ3n) is 3.25. The first-order valence-corrected chi connectivity index (χ1v) is 7.61. The molecule has 0 heterocycles. The maximum Gasteiger partial charge on any atom is 0.126 e. The summed E-state index contributed by atoms with van der Waals surface area (Å²) in [5.41, 5.74) is 1.70. The van der Waals surface area contributed by atoms with Gasteiger partial charge in [-0.25, -0.2) is 4.39 Å². The van der Waals surface area contributed by atoms with E-state index in [0.717, 1.165) is 15.8 Å². The van der Waals surface area contributed by atoms with E-state index < -0.39 is 0 Å². The van der Waals surface area contributed by atoms with Crippen molar-refractivity contribution in [3.05, 3.63) is 63.9 Å². The van der Waals surface area contributed by atoms with Crippen molar-refractivity contribution in [2.45, 2.75) is 12.3 Å². The molecule has 0 amide bonds. The second-order valence-corrected chi connectivity index (χ2v) is 5.70. The van der Waals surface area contributed by atoms with E-state index in [1.54, 1.807) is 19.2 Å². The van der Waals surface area contributed by atoms with Gasteiger partial charge in [-0.3, -0.25) is 0 Å². The smallest absolute Gasteiger partial charge is 0.126 e. The van der Waals surface area contributed by atoms with E-state index in [-0.39, 0.29) is 11.7 Å². The predicted molar refractivity (Wildman–Crippen MR) is 84.3 cm³/mol. The van der Waals surface area contributed by atoms with Crippen LogP contribution in [0.4, 0.5) is 4.39 Å². The van der Waals surface area contributed by atoms with Crippen LogP contribution in [-0.4, -0.2) is 13.0 Å². The van der Waals surface area contributed by atoms with Crippen LogP contribution in [0.25, 0.3) is 0 Å². The van der Waals surface area contributed by atoms with Crippen LogP contribution in [0, 0.1) is 5.82 Å². The first kappa shape index (κ1) is 15.3. The number of alkyl halides is 1. The number of halogens is 3. The molecule has 0 aliphatic heterocycles. The molecule has 1 nitrogen and oxygen atoms in total. The van der Waals surface area contributed by atoms with Crippen LogP contribution in [0.2, 0.25) is 0 Å². The highest BCUT2D eigenvalue weighted by molar-refractivity contribution is 9.10. The van der Waals surface area contributed by atoms with E-state index in [0.29, 0.717) is 17.9 Å². The van der Waals surface area contributed by atoms with Gasteiger partial charge >= 0.3 is 0 Å². The van der Waals surface area contributed by atoms with Crippen LogP contribution in [0.1, 0.15) is 17.0 Å². The summed E-state index contributed by atoms with van der Waals surface area (Å²) in [5, 5.41) is 0. The molecule has 2 aromatic carbocycles. The molecule has 0 aliphatic carbocycles. The fourth-order valence-electron chi connectivity index (χ4n) is 2.15. The lowest BCUT2D eigenvalue weighted by molar-refractivity contribution is 0.414. The topological polar surface area (TPSA) is 9.23 Å². The summed E-state index contributed by atoms with van der Waals surface area (Å²) < 4.78 is 20.1. The van der Waals surface area contributed by atoms with Crippen LogP contribution < -0.4 is 4.74 Å². The summed E-state index contributed by atoms with van der Waals surface area (Å²) in [6.07, 6.45) is 0.655. The molecule has 0 radical (unpaired) electrons. The lowest BCUT2D eigenvalue weighted by atomic mass is 9.93. The standard InChI is InChI=1S/C16H15BrClFO/c1-20-13-6-7-15(17)11(9-13)8-12(10-18)14-4-2-3-5-16(14)19/h2-7,9,12H,8,10H2,1H3. The molecule has 106 valence electrons. The molecule has 2 rings (SSSR count). The highest BCUT2D eigenvalue weighted by Crippen LogP contribution is 2.30. The van der Waals surface area contributed by atoms with E-state index in [1.165, 1.54) is 6.07 Å². The minimum absolute atomic E-state index is 0.0683. The number of hydrogen-bond donors (Lipinski definition) is 0. The lowest BCUT2D eigenvalue weighted by Crippen LogP contribution is -2.07. The number of benzene rings is 2. The fraction of sp³-hybridized carbons (Fsp3) is 0.250. The van der Waals surface area contributed by atoms with Gasteiger partial charge < -0.3 is 4.74 Å². The number of methoxy groups -OCH3 is 1. The van der Waals surface area contributed by atoms with Gasteiger partial charge in [-0.1, -0.05) is 34.1 Å². The van der Waals surface area contributed by atoms with Gasteiger partial charge in [0, 0.05) is 16.3 Å². The van der Waals surface area contributed by atoms with E-state index in [1.807, 2.05) is 24.3 Å². The van der Waals surface area contributed by atoms with E-state index in [9.17, 15) is 4.39 Å². The number of rotatable bonds is 5. The zero-order valence-electron chi connectivity index (χ0n) is 11.1. The van der Waals surface area contributed by atoms with Crippen LogP contribution in [0.5, 0.6) is 5.75 Å². The molecule has 0 N–H and O–H groups in total. The maximum atomic E-state index is 13.9. The Kier molecular flexibility index (Phi) is 5.44. The van der Waals surface area contributed by atoms with Gasteiger partial charge in [0.15, 0.2) is 0 Å². The Morgan fingerprint density at radius 2 is 2.00 bits per heavy atom. The molecule has 4 heteroatoms. The second-order valence-electron chi connectivity index (χ2n) is 4.53. The molecule has 0 aliphatic rings. The van der Waals surface area contributed by atoms with Crippen molar-refractivity contribution >= 4 is 27.5 Å². The van der Waals surface area contributed by atoms with Crippen molar-refractivity contribution in [3.63, 3.8) is 0 Å². The first-order valence-electron chi connectivity index (χ1n) is 6.28. The van der Waals surface area contributed by atoms with Gasteiger partial charge in [-0.2, -0.15) is 0 Å². The highest BCUT2D eigenvalue weighted by Gasteiger charge is 2.17. The van der Waals surface area contributed by atoms with Crippen molar-refractivity contribution < 1.29 is 9.13 Å². The normalized spacial score (nSPS) is 12.2. The summed E-state index contributed by atoms with van der Waals surface area (Å²) in [6.45, 7) is 0. The third kappa shape index (κ3) is 3.53. The summed E-state index contributed by atoms with van der Waals surface area (Å²) in [5.74, 6) is 0.869. The largest absolute Gasteiger partial charge is 0.497 e. The average molecular weight is 358 g/mol. The zero-order valence-corrected chi connectivity index (χ0v) is 13.4. The lowest BCUT2D eigenvalue weighted by Gasteiger charge is -2.17. The predicted octanol–water partition coefficient (Wildman–Crippen LogP) is 5.16. The van der Waals surface area contributed by atoms with Crippen LogP contribution in [-0.2, 0) is 6.42 Å². The van der Waals surface area contributed by atoms with Crippen molar-refractivity contribution in [1.82, 2.24) is 0 Å². The molecule has 0 bridgehead atoms. The molecular weight excluding hydrogens is 343 g/mol. The third-order valence-corrected chi connectivity index (χ3v) is 4.40. The second kappa shape index (κ2) is 7.09. The molecule has 1 atom stereocenters. The Morgan fingerprint density at radius 3 is 2.65 bits per heavy atom. The van der Waals surface area contributed by atoms with Gasteiger partial charge in [-0.15, -0.1) is 11.6 Å². The number of hydrogen-bond acceptors (Lipinski definition) is 1. The summed E-state index contributed by atoms with van der Waals surface area (Å²) in [4.78, 5) is 0. The Balaban J connectivity index is 2.29. The van der Waals surface area contributed by atoms with Crippen molar-refractivity contribution in [1.29, 1.82) is 0 Å².